The van der Waals surface area contributed by atoms with Crippen LogP contribution in [-0.2, 0) is 9.47 Å². The first kappa shape index (κ1) is 20.4. The van der Waals surface area contributed by atoms with E-state index in [4.69, 9.17) is 14.2 Å². The summed E-state index contributed by atoms with van der Waals surface area (Å²) in [6, 6.07) is 7.00. The van der Waals surface area contributed by atoms with Gasteiger partial charge in [0.25, 0.3) is 0 Å². The third-order valence-corrected chi connectivity index (χ3v) is 4.49. The van der Waals surface area contributed by atoms with Gasteiger partial charge in [-0.25, -0.2) is 4.79 Å². The summed E-state index contributed by atoms with van der Waals surface area (Å²) in [4.78, 5) is 38.9. The summed E-state index contributed by atoms with van der Waals surface area (Å²) in [7, 11) is 2.85. The van der Waals surface area contributed by atoms with Gasteiger partial charge in [0.15, 0.2) is 11.5 Å². The minimum Gasteiger partial charge on any atom is -0.497 e. The third kappa shape index (κ3) is 3.55. The van der Waals surface area contributed by atoms with Crippen LogP contribution in [0.1, 0.15) is 57.7 Å². The Kier molecular flexibility index (Phi) is 5.09. The highest BCUT2D eigenvalue weighted by atomic mass is 16.6. The molecule has 0 bridgehead atoms. The average Bonchev–Trinajstić information content (AvgIpc) is 2.97. The molecule has 0 fully saturated rings. The van der Waals surface area contributed by atoms with Gasteiger partial charge in [-0.3, -0.25) is 9.59 Å². The molecule has 1 aromatic carbocycles. The molecule has 0 unspecified atom stereocenters. The number of carbonyl (C=O) groups is 3. The van der Waals surface area contributed by atoms with Crippen LogP contribution >= 0.6 is 0 Å². The number of Topliss-reactive ketones (excluding diaryl/α,β-unsaturated/α-hetero) is 1. The van der Waals surface area contributed by atoms with Gasteiger partial charge in [-0.05, 0) is 39.8 Å². The zero-order valence-corrected chi connectivity index (χ0v) is 17.3. The minimum atomic E-state index is -0.760. The molecular weight excluding hydrogens is 374 g/mol. The number of rotatable bonds is 4. The Morgan fingerprint density at radius 1 is 1.07 bits per heavy atom. The Morgan fingerprint density at radius 2 is 1.76 bits per heavy atom. The summed E-state index contributed by atoms with van der Waals surface area (Å²) in [5.74, 6) is -1.15. The smallest absolute Gasteiger partial charge is 0.341 e. The highest BCUT2D eigenvalue weighted by Gasteiger charge is 2.39. The molecule has 152 valence electrons. The summed E-state index contributed by atoms with van der Waals surface area (Å²) in [5.41, 5.74) is 0.397. The molecule has 0 saturated carbocycles. The lowest BCUT2D eigenvalue weighted by Gasteiger charge is -2.20. The number of benzene rings is 1. The fraction of sp³-hybridized carbons (Fsp3) is 0.318. The third-order valence-electron chi connectivity index (χ3n) is 4.49. The van der Waals surface area contributed by atoms with Gasteiger partial charge in [-0.2, -0.15) is 0 Å². The van der Waals surface area contributed by atoms with Gasteiger partial charge in [0.05, 0.1) is 25.3 Å². The molecule has 7 nitrogen and oxygen atoms in total. The summed E-state index contributed by atoms with van der Waals surface area (Å²) >= 11 is 0. The molecule has 3 rings (SSSR count). The molecular formula is C22H23NO6. The fourth-order valence-electron chi connectivity index (χ4n) is 3.32. The second kappa shape index (κ2) is 7.24. The molecule has 0 amide bonds. The van der Waals surface area contributed by atoms with E-state index in [2.05, 4.69) is 0 Å². The lowest BCUT2D eigenvalue weighted by molar-refractivity contribution is 0.00672. The molecule has 7 heteroatoms. The van der Waals surface area contributed by atoms with E-state index in [9.17, 15) is 14.4 Å². The standard InChI is InChI=1S/C22H23NO6/c1-12-17(21(26)29-22(2,3)4)18-15(24)11-16(28-6)20(25)19(18)23(12)13-8-7-9-14(10-13)27-5/h7-11H,1-6H3. The van der Waals surface area contributed by atoms with Gasteiger partial charge in [0, 0.05) is 23.5 Å². The number of methoxy groups -OCH3 is 2. The van der Waals surface area contributed by atoms with Crippen molar-refractivity contribution in [1.82, 2.24) is 4.57 Å². The molecule has 1 aliphatic rings. The quantitative estimate of drug-likeness (QED) is 0.732. The number of hydrogen-bond acceptors (Lipinski definition) is 6. The van der Waals surface area contributed by atoms with Crippen molar-refractivity contribution in [3.05, 3.63) is 58.6 Å². The lowest BCUT2D eigenvalue weighted by Crippen LogP contribution is -2.26. The number of hydrogen-bond donors (Lipinski definition) is 0. The van der Waals surface area contributed by atoms with Gasteiger partial charge in [0.2, 0.25) is 5.78 Å². The predicted octanol–water partition coefficient (Wildman–Crippen LogP) is 3.66. The zero-order chi connectivity index (χ0) is 21.5. The summed E-state index contributed by atoms with van der Waals surface area (Å²) in [6.45, 7) is 6.88. The topological polar surface area (TPSA) is 83.8 Å². The molecule has 1 aromatic heterocycles. The second-order valence-electron chi connectivity index (χ2n) is 7.63. The van der Waals surface area contributed by atoms with Crippen molar-refractivity contribution in [3.8, 4) is 11.4 Å². The molecule has 0 saturated heterocycles. The first-order valence-electron chi connectivity index (χ1n) is 9.06. The van der Waals surface area contributed by atoms with E-state index in [0.717, 1.165) is 6.08 Å². The van der Waals surface area contributed by atoms with E-state index in [1.54, 1.807) is 56.5 Å². The summed E-state index contributed by atoms with van der Waals surface area (Å²) < 4.78 is 17.5. The highest BCUT2D eigenvalue weighted by Crippen LogP contribution is 2.34. The Morgan fingerprint density at radius 3 is 2.34 bits per heavy atom. The van der Waals surface area contributed by atoms with E-state index < -0.39 is 23.1 Å². The van der Waals surface area contributed by atoms with E-state index >= 15 is 0 Å². The van der Waals surface area contributed by atoms with Crippen molar-refractivity contribution in [1.29, 1.82) is 0 Å². The number of fused-ring (bicyclic) bond motifs is 1. The van der Waals surface area contributed by atoms with Gasteiger partial charge in [-0.1, -0.05) is 6.07 Å². The maximum absolute atomic E-state index is 13.1. The van der Waals surface area contributed by atoms with E-state index in [1.807, 2.05) is 0 Å². The minimum absolute atomic E-state index is 0.0189. The van der Waals surface area contributed by atoms with Crippen LogP contribution in [0.3, 0.4) is 0 Å². The number of nitrogens with zero attached hydrogens (tertiary/aromatic N) is 1. The molecule has 1 heterocycles. The van der Waals surface area contributed by atoms with Crippen LogP contribution in [0.25, 0.3) is 5.69 Å². The molecule has 0 N–H and O–H groups in total. The highest BCUT2D eigenvalue weighted by molar-refractivity contribution is 6.26. The zero-order valence-electron chi connectivity index (χ0n) is 17.3. The van der Waals surface area contributed by atoms with Crippen LogP contribution in [0, 0.1) is 6.92 Å². The monoisotopic (exact) mass is 397 g/mol. The molecule has 0 radical (unpaired) electrons. The van der Waals surface area contributed by atoms with E-state index in [1.165, 1.54) is 14.2 Å². The number of carbonyl (C=O) groups excluding carboxylic acids is 3. The number of allylic oxidation sites excluding steroid dienone is 2. The number of aromatic nitrogens is 1. The number of ether oxygens (including phenoxy) is 3. The summed E-state index contributed by atoms with van der Waals surface area (Å²) in [5, 5.41) is 0. The van der Waals surface area contributed by atoms with Crippen LogP contribution in [0.4, 0.5) is 0 Å². The Bertz CT molecular complexity index is 1050. The second-order valence-corrected chi connectivity index (χ2v) is 7.63. The maximum Gasteiger partial charge on any atom is 0.341 e. The van der Waals surface area contributed by atoms with Crippen molar-refractivity contribution in [2.45, 2.75) is 33.3 Å². The predicted molar refractivity (Wildman–Crippen MR) is 106 cm³/mol. The average molecular weight is 397 g/mol. The van der Waals surface area contributed by atoms with Gasteiger partial charge in [0.1, 0.15) is 17.0 Å². The molecule has 0 spiro atoms. The van der Waals surface area contributed by atoms with E-state index in [0.29, 0.717) is 17.1 Å². The maximum atomic E-state index is 13.1. The molecule has 29 heavy (non-hydrogen) atoms. The lowest BCUT2D eigenvalue weighted by atomic mass is 9.96. The fourth-order valence-corrected chi connectivity index (χ4v) is 3.32. The first-order valence-corrected chi connectivity index (χ1v) is 9.06. The normalized spacial score (nSPS) is 13.7. The molecule has 2 aromatic rings. The van der Waals surface area contributed by atoms with Gasteiger partial charge < -0.3 is 18.8 Å². The van der Waals surface area contributed by atoms with Crippen molar-refractivity contribution >= 4 is 17.5 Å². The Balaban J connectivity index is 2.33. The Labute approximate surface area is 168 Å². The van der Waals surface area contributed by atoms with Crippen LogP contribution in [0.15, 0.2) is 36.1 Å². The molecule has 0 atom stereocenters. The van der Waals surface area contributed by atoms with Crippen molar-refractivity contribution in [2.24, 2.45) is 0 Å². The molecule has 0 aliphatic heterocycles. The van der Waals surface area contributed by atoms with Crippen molar-refractivity contribution < 1.29 is 28.6 Å². The van der Waals surface area contributed by atoms with Crippen LogP contribution in [-0.4, -0.2) is 41.9 Å². The van der Waals surface area contributed by atoms with Crippen molar-refractivity contribution in [3.63, 3.8) is 0 Å². The largest absolute Gasteiger partial charge is 0.497 e. The number of esters is 1. The van der Waals surface area contributed by atoms with Crippen molar-refractivity contribution in [2.75, 3.05) is 14.2 Å². The summed E-state index contributed by atoms with van der Waals surface area (Å²) in [6.07, 6.45) is 1.11. The SMILES string of the molecule is COC1=CC(=O)c2c(C(=O)OC(C)(C)C)c(C)n(-c3cccc(OC)c3)c2C1=O. The Hall–Kier alpha value is -3.35. The van der Waals surface area contributed by atoms with Gasteiger partial charge in [-0.15, -0.1) is 0 Å². The molecule has 1 aliphatic carbocycles. The van der Waals surface area contributed by atoms with Crippen LogP contribution in [0.5, 0.6) is 5.75 Å². The van der Waals surface area contributed by atoms with E-state index in [-0.39, 0.29) is 22.6 Å². The number of ketones is 2. The van der Waals surface area contributed by atoms with Crippen LogP contribution in [0.2, 0.25) is 0 Å². The van der Waals surface area contributed by atoms with Gasteiger partial charge >= 0.3 is 5.97 Å². The van der Waals surface area contributed by atoms with Crippen LogP contribution < -0.4 is 4.74 Å². The first-order chi connectivity index (χ1) is 13.6.